The third kappa shape index (κ3) is 4.53. The van der Waals surface area contributed by atoms with Gasteiger partial charge in [-0.05, 0) is 43.4 Å². The van der Waals surface area contributed by atoms with Crippen molar-refractivity contribution in [2.24, 2.45) is 5.92 Å². The Labute approximate surface area is 203 Å². The predicted octanol–water partition coefficient (Wildman–Crippen LogP) is 3.83. The van der Waals surface area contributed by atoms with Gasteiger partial charge in [-0.2, -0.15) is 0 Å². The average Bonchev–Trinajstić information content (AvgIpc) is 3.22. The number of thiazole rings is 2. The number of hydrogen-bond acceptors (Lipinski definition) is 7. The Bertz CT molecular complexity index is 1360. The topological polar surface area (TPSA) is 106 Å². The van der Waals surface area contributed by atoms with Crippen molar-refractivity contribution in [3.63, 3.8) is 0 Å². The van der Waals surface area contributed by atoms with Crippen LogP contribution in [0.1, 0.15) is 39.5 Å². The second-order valence-corrected chi connectivity index (χ2v) is 10.2. The number of nitrogens with zero attached hydrogens (tertiary/aromatic N) is 4. The van der Waals surface area contributed by atoms with Crippen molar-refractivity contribution in [3.05, 3.63) is 58.7 Å². The van der Waals surface area contributed by atoms with Crippen molar-refractivity contribution < 1.29 is 14.0 Å². The standard InChI is InChI=1S/C23H23FN6O2S2/c1-13-18(30-10-11-33-23(30)27-13)20(31)26-8-9-29(12-14-2-3-14)21(32)17-19(34-22(25)28-17)15-4-6-16(24)7-5-15/h4-7,10-11,14H,2-3,8-9,12H2,1H3,(H2,25,28)(H,26,31). The van der Waals surface area contributed by atoms with Gasteiger partial charge in [0.2, 0.25) is 0 Å². The molecule has 3 aromatic heterocycles. The molecule has 34 heavy (non-hydrogen) atoms. The van der Waals surface area contributed by atoms with E-state index >= 15 is 0 Å². The Morgan fingerprint density at radius 2 is 2.03 bits per heavy atom. The molecule has 0 aliphatic heterocycles. The lowest BCUT2D eigenvalue weighted by molar-refractivity contribution is 0.0736. The summed E-state index contributed by atoms with van der Waals surface area (Å²) < 4.78 is 15.2. The molecule has 0 bridgehead atoms. The summed E-state index contributed by atoms with van der Waals surface area (Å²) in [5.41, 5.74) is 8.05. The maximum atomic E-state index is 13.5. The van der Waals surface area contributed by atoms with E-state index in [-0.39, 0.29) is 28.5 Å². The normalized spacial score (nSPS) is 13.4. The molecule has 0 saturated heterocycles. The van der Waals surface area contributed by atoms with Gasteiger partial charge >= 0.3 is 0 Å². The molecular formula is C23H23FN6O2S2. The number of halogens is 1. The molecule has 11 heteroatoms. The summed E-state index contributed by atoms with van der Waals surface area (Å²) in [6.07, 6.45) is 3.97. The van der Waals surface area contributed by atoms with Gasteiger partial charge in [0.25, 0.3) is 11.8 Å². The van der Waals surface area contributed by atoms with Gasteiger partial charge in [-0.1, -0.05) is 23.5 Å². The van der Waals surface area contributed by atoms with E-state index in [0.29, 0.717) is 47.4 Å². The Kier molecular flexibility index (Phi) is 6.05. The van der Waals surface area contributed by atoms with E-state index in [2.05, 4.69) is 15.3 Å². The van der Waals surface area contributed by atoms with Crippen LogP contribution in [0.2, 0.25) is 0 Å². The highest BCUT2D eigenvalue weighted by Crippen LogP contribution is 2.34. The summed E-state index contributed by atoms with van der Waals surface area (Å²) in [6.45, 7) is 3.03. The third-order valence-corrected chi connectivity index (χ3v) is 7.42. The lowest BCUT2D eigenvalue weighted by atomic mass is 10.1. The highest BCUT2D eigenvalue weighted by Gasteiger charge is 2.30. The fourth-order valence-electron chi connectivity index (χ4n) is 3.87. The predicted molar refractivity (Wildman–Crippen MR) is 131 cm³/mol. The van der Waals surface area contributed by atoms with Crippen molar-refractivity contribution in [3.8, 4) is 10.4 Å². The molecule has 0 atom stereocenters. The minimum atomic E-state index is -0.353. The molecule has 2 amide bonds. The lowest BCUT2D eigenvalue weighted by Gasteiger charge is -2.22. The van der Waals surface area contributed by atoms with E-state index in [0.717, 1.165) is 17.8 Å². The molecule has 3 heterocycles. The highest BCUT2D eigenvalue weighted by molar-refractivity contribution is 7.19. The van der Waals surface area contributed by atoms with Crippen LogP contribution in [0.4, 0.5) is 9.52 Å². The number of hydrogen-bond donors (Lipinski definition) is 2. The quantitative estimate of drug-likeness (QED) is 0.384. The zero-order valence-electron chi connectivity index (χ0n) is 18.5. The number of aromatic nitrogens is 3. The van der Waals surface area contributed by atoms with Crippen molar-refractivity contribution >= 4 is 44.6 Å². The molecule has 0 unspecified atom stereocenters. The first-order valence-corrected chi connectivity index (χ1v) is 12.6. The number of nitrogens with one attached hydrogen (secondary N) is 1. The van der Waals surface area contributed by atoms with Crippen LogP contribution in [0.25, 0.3) is 15.4 Å². The van der Waals surface area contributed by atoms with Gasteiger partial charge in [0, 0.05) is 31.2 Å². The van der Waals surface area contributed by atoms with Crippen LogP contribution in [-0.4, -0.2) is 50.7 Å². The summed E-state index contributed by atoms with van der Waals surface area (Å²) in [7, 11) is 0. The second-order valence-electron chi connectivity index (χ2n) is 8.29. The van der Waals surface area contributed by atoms with Gasteiger partial charge in [-0.15, -0.1) is 11.3 Å². The van der Waals surface area contributed by atoms with E-state index in [1.807, 2.05) is 11.6 Å². The van der Waals surface area contributed by atoms with Crippen LogP contribution in [0.15, 0.2) is 35.8 Å². The van der Waals surface area contributed by atoms with Crippen LogP contribution >= 0.6 is 22.7 Å². The fraction of sp³-hybridized carbons (Fsp3) is 0.304. The molecule has 0 radical (unpaired) electrons. The summed E-state index contributed by atoms with van der Waals surface area (Å²) in [6, 6.07) is 5.92. The van der Waals surface area contributed by atoms with Crippen molar-refractivity contribution in [2.45, 2.75) is 19.8 Å². The maximum absolute atomic E-state index is 13.5. The lowest BCUT2D eigenvalue weighted by Crippen LogP contribution is -2.40. The first-order valence-electron chi connectivity index (χ1n) is 10.9. The summed E-state index contributed by atoms with van der Waals surface area (Å²) in [5.74, 6) is -0.373. The molecule has 1 fully saturated rings. The van der Waals surface area contributed by atoms with Gasteiger partial charge in [-0.25, -0.2) is 14.4 Å². The Morgan fingerprint density at radius 1 is 1.26 bits per heavy atom. The van der Waals surface area contributed by atoms with Crippen LogP contribution in [0.3, 0.4) is 0 Å². The van der Waals surface area contributed by atoms with Gasteiger partial charge in [0.1, 0.15) is 17.2 Å². The first-order chi connectivity index (χ1) is 16.4. The largest absolute Gasteiger partial charge is 0.375 e. The molecule has 1 aliphatic carbocycles. The smallest absolute Gasteiger partial charge is 0.274 e. The molecule has 1 saturated carbocycles. The number of rotatable bonds is 8. The van der Waals surface area contributed by atoms with E-state index < -0.39 is 0 Å². The molecule has 0 spiro atoms. The summed E-state index contributed by atoms with van der Waals surface area (Å²) >= 11 is 2.67. The number of aryl methyl sites for hydroxylation is 1. The van der Waals surface area contributed by atoms with Crippen molar-refractivity contribution in [1.29, 1.82) is 0 Å². The molecule has 4 aromatic rings. The minimum absolute atomic E-state index is 0.230. The Balaban J connectivity index is 1.32. The number of anilines is 1. The van der Waals surface area contributed by atoms with Gasteiger partial charge < -0.3 is 16.0 Å². The number of imidazole rings is 1. The maximum Gasteiger partial charge on any atom is 0.274 e. The van der Waals surface area contributed by atoms with E-state index in [1.165, 1.54) is 34.8 Å². The van der Waals surface area contributed by atoms with Crippen molar-refractivity contribution in [2.75, 3.05) is 25.4 Å². The second kappa shape index (κ2) is 9.15. The Hall–Kier alpha value is -3.31. The average molecular weight is 499 g/mol. The molecule has 176 valence electrons. The number of nitrogens with two attached hydrogens (primary N) is 1. The fourth-order valence-corrected chi connectivity index (χ4v) is 5.46. The highest BCUT2D eigenvalue weighted by atomic mass is 32.1. The number of fused-ring (bicyclic) bond motifs is 1. The molecule has 1 aromatic carbocycles. The minimum Gasteiger partial charge on any atom is -0.375 e. The van der Waals surface area contributed by atoms with Crippen molar-refractivity contribution in [1.82, 2.24) is 24.6 Å². The van der Waals surface area contributed by atoms with Crippen LogP contribution < -0.4 is 11.1 Å². The number of benzene rings is 1. The molecule has 8 nitrogen and oxygen atoms in total. The molecule has 5 rings (SSSR count). The van der Waals surface area contributed by atoms with Gasteiger partial charge in [0.05, 0.1) is 10.6 Å². The summed E-state index contributed by atoms with van der Waals surface area (Å²) in [5, 5.41) is 5.08. The SMILES string of the molecule is Cc1nc2sccn2c1C(=O)NCCN(CC1CC1)C(=O)c1nc(N)sc1-c1ccc(F)cc1. The molecule has 1 aliphatic rings. The van der Waals surface area contributed by atoms with E-state index in [9.17, 15) is 14.0 Å². The first kappa shape index (κ1) is 22.5. The number of amides is 2. The Morgan fingerprint density at radius 3 is 2.76 bits per heavy atom. The molecular weight excluding hydrogens is 475 g/mol. The van der Waals surface area contributed by atoms with Crippen LogP contribution in [0, 0.1) is 18.7 Å². The number of carbonyl (C=O) groups is 2. The molecule has 3 N–H and O–H groups in total. The zero-order valence-corrected chi connectivity index (χ0v) is 20.1. The monoisotopic (exact) mass is 498 g/mol. The van der Waals surface area contributed by atoms with E-state index in [1.54, 1.807) is 28.4 Å². The van der Waals surface area contributed by atoms with Crippen LogP contribution in [0.5, 0.6) is 0 Å². The van der Waals surface area contributed by atoms with Gasteiger partial charge in [0.15, 0.2) is 10.1 Å². The zero-order chi connectivity index (χ0) is 23.8. The number of carbonyl (C=O) groups excluding carboxylic acids is 2. The van der Waals surface area contributed by atoms with E-state index in [4.69, 9.17) is 5.73 Å². The van der Waals surface area contributed by atoms with Gasteiger partial charge in [-0.3, -0.25) is 14.0 Å². The van der Waals surface area contributed by atoms with Crippen LogP contribution in [-0.2, 0) is 0 Å². The third-order valence-electron chi connectivity index (χ3n) is 5.73. The number of nitrogen functional groups attached to an aromatic ring is 1. The summed E-state index contributed by atoms with van der Waals surface area (Å²) in [4.78, 5) is 38.1.